The lowest BCUT2D eigenvalue weighted by Gasteiger charge is -2.15. The summed E-state index contributed by atoms with van der Waals surface area (Å²) < 4.78 is 26.7. The van der Waals surface area contributed by atoms with Crippen molar-refractivity contribution in [3.63, 3.8) is 0 Å². The number of nitrogens with one attached hydrogen (secondary N) is 1. The number of benzene rings is 2. The molecule has 1 heterocycles. The van der Waals surface area contributed by atoms with Crippen LogP contribution >= 0.6 is 34.7 Å². The number of aromatic nitrogens is 1. The molecule has 0 aliphatic rings. The summed E-state index contributed by atoms with van der Waals surface area (Å²) in [6, 6.07) is 14.2. The largest absolute Gasteiger partial charge is 0.325 e. The number of amides is 1. The third-order valence-electron chi connectivity index (χ3n) is 4.16. The molecule has 0 radical (unpaired) electrons. The lowest BCUT2D eigenvalue weighted by molar-refractivity contribution is -0.115. The third kappa shape index (κ3) is 5.22. The monoisotopic (exact) mass is 481 g/mol. The molecule has 0 aliphatic heterocycles. The van der Waals surface area contributed by atoms with Crippen LogP contribution in [0, 0.1) is 0 Å². The molecule has 10 heteroatoms. The molecule has 1 unspecified atom stereocenters. The van der Waals surface area contributed by atoms with Crippen LogP contribution in [-0.4, -0.2) is 43.0 Å². The van der Waals surface area contributed by atoms with Gasteiger partial charge in [0.2, 0.25) is 15.9 Å². The van der Waals surface area contributed by atoms with E-state index >= 15 is 0 Å². The van der Waals surface area contributed by atoms with Gasteiger partial charge in [0.25, 0.3) is 0 Å². The fourth-order valence-corrected chi connectivity index (χ4v) is 5.84. The maximum Gasteiger partial charge on any atom is 0.244 e. The molecule has 1 atom stereocenters. The van der Waals surface area contributed by atoms with Crippen molar-refractivity contribution in [1.82, 2.24) is 9.29 Å². The zero-order valence-corrected chi connectivity index (χ0v) is 19.7. The van der Waals surface area contributed by atoms with Crippen molar-refractivity contribution in [3.05, 3.63) is 58.9 Å². The minimum atomic E-state index is -3.72. The van der Waals surface area contributed by atoms with Crippen molar-refractivity contribution in [2.75, 3.05) is 19.4 Å². The van der Waals surface area contributed by atoms with Crippen LogP contribution in [0.2, 0.25) is 5.02 Å². The SMILES string of the molecule is CC(Sc1nc(-c2ccccc2)cs1)C(=O)Nc1ccc(Cl)c(S(=O)(=O)N(C)C)c1. The zero-order valence-electron chi connectivity index (χ0n) is 16.5. The molecule has 0 spiro atoms. The Bertz CT molecular complexity index is 1150. The number of thioether (sulfide) groups is 1. The Labute approximate surface area is 189 Å². The van der Waals surface area contributed by atoms with Crippen molar-refractivity contribution in [1.29, 1.82) is 0 Å². The van der Waals surface area contributed by atoms with E-state index in [0.717, 1.165) is 19.9 Å². The minimum absolute atomic E-state index is 0.0558. The Kier molecular flexibility index (Phi) is 7.20. The summed E-state index contributed by atoms with van der Waals surface area (Å²) in [4.78, 5) is 17.2. The van der Waals surface area contributed by atoms with E-state index in [1.165, 1.54) is 49.3 Å². The number of halogens is 1. The summed E-state index contributed by atoms with van der Waals surface area (Å²) in [7, 11) is -0.874. The molecule has 30 heavy (non-hydrogen) atoms. The predicted octanol–water partition coefficient (Wildman–Crippen LogP) is 4.83. The van der Waals surface area contributed by atoms with Gasteiger partial charge in [0.1, 0.15) is 4.90 Å². The number of rotatable bonds is 7. The number of hydrogen-bond acceptors (Lipinski definition) is 6. The molecule has 6 nitrogen and oxygen atoms in total. The second-order valence-electron chi connectivity index (χ2n) is 6.55. The lowest BCUT2D eigenvalue weighted by Crippen LogP contribution is -2.24. The summed E-state index contributed by atoms with van der Waals surface area (Å²) in [5.74, 6) is -0.257. The highest BCUT2D eigenvalue weighted by atomic mass is 35.5. The van der Waals surface area contributed by atoms with Gasteiger partial charge in [0.15, 0.2) is 4.34 Å². The van der Waals surface area contributed by atoms with Crippen molar-refractivity contribution < 1.29 is 13.2 Å². The first kappa shape index (κ1) is 22.8. The zero-order chi connectivity index (χ0) is 21.9. The summed E-state index contributed by atoms with van der Waals surface area (Å²) in [6.07, 6.45) is 0. The third-order valence-corrected chi connectivity index (χ3v) is 8.53. The summed E-state index contributed by atoms with van der Waals surface area (Å²) in [5, 5.41) is 4.38. The molecule has 1 N–H and O–H groups in total. The summed E-state index contributed by atoms with van der Waals surface area (Å²) in [5.41, 5.74) is 2.25. The molecule has 0 fully saturated rings. The normalized spacial score (nSPS) is 12.7. The number of nitrogens with zero attached hydrogens (tertiary/aromatic N) is 2. The van der Waals surface area contributed by atoms with Crippen LogP contribution in [0.5, 0.6) is 0 Å². The number of carbonyl (C=O) groups is 1. The molecule has 0 saturated heterocycles. The average molecular weight is 482 g/mol. The van der Waals surface area contributed by atoms with Crippen LogP contribution in [0.4, 0.5) is 5.69 Å². The van der Waals surface area contributed by atoms with Crippen LogP contribution in [0.15, 0.2) is 63.1 Å². The number of hydrogen-bond donors (Lipinski definition) is 1. The van der Waals surface area contributed by atoms with Gasteiger partial charge in [0, 0.05) is 30.7 Å². The van der Waals surface area contributed by atoms with Crippen LogP contribution in [0.3, 0.4) is 0 Å². The highest BCUT2D eigenvalue weighted by molar-refractivity contribution is 8.02. The first-order chi connectivity index (χ1) is 14.2. The second-order valence-corrected chi connectivity index (χ2v) is 11.5. The average Bonchev–Trinajstić information content (AvgIpc) is 3.18. The summed E-state index contributed by atoms with van der Waals surface area (Å²) >= 11 is 8.88. The molecule has 0 bridgehead atoms. The highest BCUT2D eigenvalue weighted by Crippen LogP contribution is 2.32. The predicted molar refractivity (Wildman–Crippen MR) is 124 cm³/mol. The van der Waals surface area contributed by atoms with E-state index in [1.54, 1.807) is 13.0 Å². The Hall–Kier alpha value is -1.91. The quantitative estimate of drug-likeness (QED) is 0.489. The Morgan fingerprint density at radius 2 is 1.90 bits per heavy atom. The molecule has 3 rings (SSSR count). The number of thiazole rings is 1. The van der Waals surface area contributed by atoms with E-state index in [4.69, 9.17) is 11.6 Å². The fraction of sp³-hybridized carbons (Fsp3) is 0.200. The van der Waals surface area contributed by atoms with Gasteiger partial charge in [-0.3, -0.25) is 4.79 Å². The molecular weight excluding hydrogens is 462 g/mol. The van der Waals surface area contributed by atoms with Crippen molar-refractivity contribution in [2.24, 2.45) is 0 Å². The maximum atomic E-state index is 12.6. The Morgan fingerprint density at radius 3 is 2.57 bits per heavy atom. The van der Waals surface area contributed by atoms with Crippen molar-refractivity contribution >= 4 is 56.3 Å². The molecule has 2 aromatic carbocycles. The van der Waals surface area contributed by atoms with Gasteiger partial charge >= 0.3 is 0 Å². The Balaban J connectivity index is 1.70. The fourth-order valence-electron chi connectivity index (χ4n) is 2.48. The van der Waals surface area contributed by atoms with Gasteiger partial charge in [-0.2, -0.15) is 0 Å². The van der Waals surface area contributed by atoms with Crippen LogP contribution in [-0.2, 0) is 14.8 Å². The van der Waals surface area contributed by atoms with E-state index in [0.29, 0.717) is 5.69 Å². The first-order valence-electron chi connectivity index (χ1n) is 8.89. The molecular formula is C20H20ClN3O3S3. The number of anilines is 1. The standard InChI is InChI=1S/C20H20ClN3O3S3/c1-13(29-20-23-17(12-28-20)14-7-5-4-6-8-14)19(25)22-15-9-10-16(21)18(11-15)30(26,27)24(2)3/h4-13H,1-3H3,(H,22,25). The smallest absolute Gasteiger partial charge is 0.244 e. The second kappa shape index (κ2) is 9.49. The minimum Gasteiger partial charge on any atom is -0.325 e. The molecule has 3 aromatic rings. The van der Waals surface area contributed by atoms with E-state index in [9.17, 15) is 13.2 Å². The number of carbonyl (C=O) groups excluding carboxylic acids is 1. The van der Waals surface area contributed by atoms with Crippen LogP contribution in [0.25, 0.3) is 11.3 Å². The van der Waals surface area contributed by atoms with E-state index in [1.807, 2.05) is 35.7 Å². The van der Waals surface area contributed by atoms with Gasteiger partial charge < -0.3 is 5.32 Å². The molecule has 1 amide bonds. The van der Waals surface area contributed by atoms with Crippen molar-refractivity contribution in [3.8, 4) is 11.3 Å². The summed E-state index contributed by atoms with van der Waals surface area (Å²) in [6.45, 7) is 1.77. The molecule has 1 aromatic heterocycles. The van der Waals surface area contributed by atoms with Gasteiger partial charge in [-0.15, -0.1) is 11.3 Å². The van der Waals surface area contributed by atoms with E-state index < -0.39 is 15.3 Å². The Morgan fingerprint density at radius 1 is 1.20 bits per heavy atom. The van der Waals surface area contributed by atoms with Crippen molar-refractivity contribution in [2.45, 2.75) is 21.4 Å². The van der Waals surface area contributed by atoms with E-state index in [2.05, 4.69) is 10.3 Å². The molecule has 0 saturated carbocycles. The topological polar surface area (TPSA) is 79.4 Å². The van der Waals surface area contributed by atoms with Gasteiger partial charge in [-0.25, -0.2) is 17.7 Å². The van der Waals surface area contributed by atoms with Gasteiger partial charge in [0.05, 0.1) is 16.0 Å². The number of sulfonamides is 1. The van der Waals surface area contributed by atoms with Crippen LogP contribution in [0.1, 0.15) is 6.92 Å². The molecule has 158 valence electrons. The lowest BCUT2D eigenvalue weighted by atomic mass is 10.2. The maximum absolute atomic E-state index is 12.6. The van der Waals surface area contributed by atoms with Gasteiger partial charge in [-0.1, -0.05) is 53.7 Å². The van der Waals surface area contributed by atoms with Crippen LogP contribution < -0.4 is 5.32 Å². The highest BCUT2D eigenvalue weighted by Gasteiger charge is 2.22. The first-order valence-corrected chi connectivity index (χ1v) is 12.5. The van der Waals surface area contributed by atoms with E-state index in [-0.39, 0.29) is 15.8 Å². The molecule has 0 aliphatic carbocycles. The van der Waals surface area contributed by atoms with Gasteiger partial charge in [-0.05, 0) is 25.1 Å².